The molecule has 0 fully saturated rings. The molecule has 2 aromatic rings. The molecule has 0 aliphatic rings. The maximum Gasteiger partial charge on any atom is 0.170 e. The fraction of sp³-hybridized carbons (Fsp3) is 0.300. The summed E-state index contributed by atoms with van der Waals surface area (Å²) < 4.78 is 14.9. The minimum absolute atomic E-state index is 0.261. The third kappa shape index (κ3) is 1.79. The van der Waals surface area contributed by atoms with Gasteiger partial charge in [0.15, 0.2) is 5.82 Å². The van der Waals surface area contributed by atoms with Crippen LogP contribution in [-0.2, 0) is 6.54 Å². The molecule has 0 atom stereocenters. The van der Waals surface area contributed by atoms with Crippen molar-refractivity contribution in [2.24, 2.45) is 0 Å². The number of benzene rings is 1. The summed E-state index contributed by atoms with van der Waals surface area (Å²) in [5.41, 5.74) is 1.20. The summed E-state index contributed by atoms with van der Waals surface area (Å²) in [5.74, 6) is 0.389. The van der Waals surface area contributed by atoms with E-state index in [1.165, 1.54) is 10.7 Å². The van der Waals surface area contributed by atoms with Gasteiger partial charge in [0.2, 0.25) is 0 Å². The number of nitrogens with zero attached hydrogens (tertiary/aromatic N) is 4. The Labute approximate surface area is 92.3 Å². The van der Waals surface area contributed by atoms with E-state index in [2.05, 4.69) is 20.8 Å². The maximum absolute atomic E-state index is 13.4. The number of tetrazole rings is 1. The Morgan fingerprint density at radius 1 is 1.44 bits per heavy atom. The van der Waals surface area contributed by atoms with E-state index < -0.39 is 0 Å². The van der Waals surface area contributed by atoms with Gasteiger partial charge in [-0.05, 0) is 36.5 Å². The molecule has 0 aliphatic heterocycles. The Morgan fingerprint density at radius 2 is 2.25 bits per heavy atom. The largest absolute Gasteiger partial charge is 0.313 e. The van der Waals surface area contributed by atoms with E-state index in [0.29, 0.717) is 23.6 Å². The molecule has 1 N–H and O–H groups in total. The third-order valence-electron chi connectivity index (χ3n) is 2.34. The zero-order valence-electron chi connectivity index (χ0n) is 9.11. The average molecular weight is 221 g/mol. The maximum atomic E-state index is 13.4. The summed E-state index contributed by atoms with van der Waals surface area (Å²) in [6, 6.07) is 4.84. The second kappa shape index (κ2) is 4.36. The van der Waals surface area contributed by atoms with Crippen molar-refractivity contribution in [3.63, 3.8) is 0 Å². The number of aromatic nitrogens is 4. The number of halogens is 1. The zero-order chi connectivity index (χ0) is 11.5. The van der Waals surface area contributed by atoms with Crippen LogP contribution >= 0.6 is 0 Å². The predicted octanol–water partition coefficient (Wildman–Crippen LogP) is 0.829. The van der Waals surface area contributed by atoms with Crippen LogP contribution in [0.2, 0.25) is 0 Å². The molecular weight excluding hydrogens is 209 g/mol. The van der Waals surface area contributed by atoms with Crippen LogP contribution < -0.4 is 5.32 Å². The van der Waals surface area contributed by atoms with Crippen molar-refractivity contribution < 1.29 is 4.39 Å². The van der Waals surface area contributed by atoms with E-state index in [-0.39, 0.29) is 5.82 Å². The third-order valence-corrected chi connectivity index (χ3v) is 2.34. The van der Waals surface area contributed by atoms with Crippen LogP contribution in [0.1, 0.15) is 11.4 Å². The second-order valence-electron chi connectivity index (χ2n) is 3.42. The molecule has 84 valence electrons. The Bertz CT molecular complexity index is 494. The van der Waals surface area contributed by atoms with Crippen LogP contribution in [0.5, 0.6) is 0 Å². The fourth-order valence-corrected chi connectivity index (χ4v) is 1.49. The number of hydrogen-bond donors (Lipinski definition) is 1. The topological polar surface area (TPSA) is 55.6 Å². The lowest BCUT2D eigenvalue weighted by Gasteiger charge is -2.07. The van der Waals surface area contributed by atoms with Crippen LogP contribution in [0.3, 0.4) is 0 Å². The zero-order valence-corrected chi connectivity index (χ0v) is 9.11. The van der Waals surface area contributed by atoms with Crippen LogP contribution in [0.15, 0.2) is 18.2 Å². The Balaban J connectivity index is 2.50. The van der Waals surface area contributed by atoms with Crippen LogP contribution in [0.4, 0.5) is 4.39 Å². The van der Waals surface area contributed by atoms with Gasteiger partial charge in [-0.1, -0.05) is 6.07 Å². The van der Waals surface area contributed by atoms with Gasteiger partial charge in [-0.15, -0.1) is 5.10 Å². The van der Waals surface area contributed by atoms with E-state index in [9.17, 15) is 4.39 Å². The molecule has 0 unspecified atom stereocenters. The summed E-state index contributed by atoms with van der Waals surface area (Å²) >= 11 is 0. The van der Waals surface area contributed by atoms with Crippen molar-refractivity contribution in [2.75, 3.05) is 7.05 Å². The van der Waals surface area contributed by atoms with Gasteiger partial charge >= 0.3 is 0 Å². The Hall–Kier alpha value is -1.82. The summed E-state index contributed by atoms with van der Waals surface area (Å²) in [5, 5.41) is 14.3. The molecule has 5 nitrogen and oxygen atoms in total. The molecule has 0 amide bonds. The van der Waals surface area contributed by atoms with Gasteiger partial charge in [0, 0.05) is 5.56 Å². The van der Waals surface area contributed by atoms with Crippen molar-refractivity contribution in [3.8, 4) is 5.69 Å². The van der Waals surface area contributed by atoms with Gasteiger partial charge in [-0.3, -0.25) is 0 Å². The first kappa shape index (κ1) is 10.7. The Morgan fingerprint density at radius 3 is 3.00 bits per heavy atom. The summed E-state index contributed by atoms with van der Waals surface area (Å²) in [6.45, 7) is 2.23. The first-order valence-corrected chi connectivity index (χ1v) is 4.91. The van der Waals surface area contributed by atoms with E-state index in [4.69, 9.17) is 0 Å². The fourth-order valence-electron chi connectivity index (χ4n) is 1.49. The molecule has 0 saturated heterocycles. The molecule has 1 aromatic heterocycles. The molecule has 0 aliphatic carbocycles. The summed E-state index contributed by atoms with van der Waals surface area (Å²) in [7, 11) is 1.80. The van der Waals surface area contributed by atoms with Crippen molar-refractivity contribution in [1.29, 1.82) is 0 Å². The Kier molecular flexibility index (Phi) is 2.91. The highest BCUT2D eigenvalue weighted by atomic mass is 19.1. The van der Waals surface area contributed by atoms with Crippen LogP contribution in [0, 0.1) is 12.7 Å². The number of rotatable bonds is 3. The molecule has 0 bridgehead atoms. The molecule has 0 saturated carbocycles. The smallest absolute Gasteiger partial charge is 0.170 e. The van der Waals surface area contributed by atoms with Gasteiger partial charge in [0.25, 0.3) is 0 Å². The molecular formula is C10H12FN5. The highest BCUT2D eigenvalue weighted by Crippen LogP contribution is 2.16. The lowest BCUT2D eigenvalue weighted by atomic mass is 10.2. The highest BCUT2D eigenvalue weighted by molar-refractivity contribution is 5.40. The molecule has 0 spiro atoms. The van der Waals surface area contributed by atoms with Crippen molar-refractivity contribution in [2.45, 2.75) is 13.5 Å². The molecule has 2 rings (SSSR count). The van der Waals surface area contributed by atoms with Gasteiger partial charge in [-0.2, -0.15) is 4.68 Å². The van der Waals surface area contributed by atoms with Gasteiger partial charge in [-0.25, -0.2) is 4.39 Å². The molecule has 1 heterocycles. The first-order valence-electron chi connectivity index (χ1n) is 4.91. The predicted molar refractivity (Wildman–Crippen MR) is 56.6 cm³/mol. The monoisotopic (exact) mass is 221 g/mol. The SMILES string of the molecule is CNCc1nnnn1-c1cccc(F)c1C. The average Bonchev–Trinajstić information content (AvgIpc) is 2.71. The van der Waals surface area contributed by atoms with E-state index in [1.54, 1.807) is 26.1 Å². The second-order valence-corrected chi connectivity index (χ2v) is 3.42. The van der Waals surface area contributed by atoms with Crippen molar-refractivity contribution >= 4 is 0 Å². The number of nitrogens with one attached hydrogen (secondary N) is 1. The van der Waals surface area contributed by atoms with E-state index in [0.717, 1.165) is 0 Å². The van der Waals surface area contributed by atoms with E-state index >= 15 is 0 Å². The van der Waals surface area contributed by atoms with Crippen molar-refractivity contribution in [3.05, 3.63) is 35.4 Å². The van der Waals surface area contributed by atoms with Crippen molar-refractivity contribution in [1.82, 2.24) is 25.5 Å². The normalized spacial score (nSPS) is 10.7. The quantitative estimate of drug-likeness (QED) is 0.834. The lowest BCUT2D eigenvalue weighted by molar-refractivity contribution is 0.612. The summed E-state index contributed by atoms with van der Waals surface area (Å²) in [6.07, 6.45) is 0. The molecule has 1 aromatic carbocycles. The van der Waals surface area contributed by atoms with Gasteiger partial charge in [0.05, 0.1) is 12.2 Å². The minimum atomic E-state index is -0.261. The van der Waals surface area contributed by atoms with Gasteiger partial charge < -0.3 is 5.32 Å². The number of hydrogen-bond acceptors (Lipinski definition) is 4. The molecule has 0 radical (unpaired) electrons. The summed E-state index contributed by atoms with van der Waals surface area (Å²) in [4.78, 5) is 0. The van der Waals surface area contributed by atoms with Crippen LogP contribution in [0.25, 0.3) is 5.69 Å². The molecule has 16 heavy (non-hydrogen) atoms. The van der Waals surface area contributed by atoms with E-state index in [1.807, 2.05) is 0 Å². The van der Waals surface area contributed by atoms with Crippen LogP contribution in [-0.4, -0.2) is 27.3 Å². The minimum Gasteiger partial charge on any atom is -0.313 e. The standard InChI is InChI=1S/C10H12FN5/c1-7-8(11)4-3-5-9(7)16-10(6-12-2)13-14-15-16/h3-5,12H,6H2,1-2H3. The molecule has 6 heteroatoms. The lowest BCUT2D eigenvalue weighted by Crippen LogP contribution is -2.13. The van der Waals surface area contributed by atoms with Gasteiger partial charge in [0.1, 0.15) is 5.82 Å². The highest BCUT2D eigenvalue weighted by Gasteiger charge is 2.11. The first-order chi connectivity index (χ1) is 7.74.